The van der Waals surface area contributed by atoms with E-state index >= 15 is 0 Å². The fourth-order valence-electron chi connectivity index (χ4n) is 2.06. The number of rotatable bonds is 4. The highest BCUT2D eigenvalue weighted by molar-refractivity contribution is 5.65. The maximum absolute atomic E-state index is 13.3. The molecule has 0 aliphatic heterocycles. The number of benzene rings is 2. The lowest BCUT2D eigenvalue weighted by Crippen LogP contribution is -2.14. The molecule has 0 saturated carbocycles. The topological polar surface area (TPSA) is 29.3 Å². The first-order valence-corrected chi connectivity index (χ1v) is 6.09. The molecule has 0 unspecified atom stereocenters. The summed E-state index contributed by atoms with van der Waals surface area (Å²) in [5.41, 5.74) is 7.90. The van der Waals surface area contributed by atoms with Gasteiger partial charge in [-0.2, -0.15) is 0 Å². The summed E-state index contributed by atoms with van der Waals surface area (Å²) in [4.78, 5) is 1.83. The molecule has 19 heavy (non-hydrogen) atoms. The Hall–Kier alpha value is -1.94. The predicted octanol–water partition coefficient (Wildman–Crippen LogP) is 3.23. The molecule has 4 heteroatoms. The van der Waals surface area contributed by atoms with E-state index in [2.05, 4.69) is 0 Å². The fraction of sp³-hybridized carbons (Fsp3) is 0.200. The third-order valence-corrected chi connectivity index (χ3v) is 3.01. The van der Waals surface area contributed by atoms with Gasteiger partial charge in [0.2, 0.25) is 0 Å². The van der Waals surface area contributed by atoms with Crippen LogP contribution in [0, 0.1) is 11.6 Å². The van der Waals surface area contributed by atoms with Crippen molar-refractivity contribution in [2.75, 3.05) is 18.5 Å². The molecule has 0 aromatic heterocycles. The summed E-state index contributed by atoms with van der Waals surface area (Å²) < 4.78 is 26.5. The number of nitrogens with zero attached hydrogens (tertiary/aromatic N) is 1. The van der Waals surface area contributed by atoms with Crippen molar-refractivity contribution in [1.82, 2.24) is 0 Å². The highest BCUT2D eigenvalue weighted by Gasteiger charge is 2.10. The van der Waals surface area contributed by atoms with Crippen LogP contribution in [0.1, 0.15) is 5.56 Å². The molecule has 0 fully saturated rings. The minimum atomic E-state index is -0.299. The Balaban J connectivity index is 2.40. The number of anilines is 2. The minimum absolute atomic E-state index is 0.292. The summed E-state index contributed by atoms with van der Waals surface area (Å²) in [5, 5.41) is 0. The smallest absolute Gasteiger partial charge is 0.125 e. The number of hydrogen-bond donors (Lipinski definition) is 1. The predicted molar refractivity (Wildman–Crippen MR) is 73.6 cm³/mol. The molecule has 0 spiro atoms. The zero-order valence-electron chi connectivity index (χ0n) is 10.7. The second kappa shape index (κ2) is 5.80. The Kier molecular flexibility index (Phi) is 4.12. The van der Waals surface area contributed by atoms with Crippen molar-refractivity contribution in [3.8, 4) is 0 Å². The monoisotopic (exact) mass is 262 g/mol. The van der Waals surface area contributed by atoms with Gasteiger partial charge >= 0.3 is 0 Å². The van der Waals surface area contributed by atoms with Gasteiger partial charge in [-0.1, -0.05) is 6.07 Å². The molecule has 0 saturated heterocycles. The Labute approximate surface area is 111 Å². The molecule has 2 rings (SSSR count). The van der Waals surface area contributed by atoms with Gasteiger partial charge < -0.3 is 10.6 Å². The van der Waals surface area contributed by atoms with Gasteiger partial charge in [0.05, 0.1) is 0 Å². The number of halogens is 2. The molecule has 0 amide bonds. The van der Waals surface area contributed by atoms with Gasteiger partial charge in [-0.15, -0.1) is 0 Å². The summed E-state index contributed by atoms with van der Waals surface area (Å²) >= 11 is 0. The maximum Gasteiger partial charge on any atom is 0.125 e. The largest absolute Gasteiger partial charge is 0.344 e. The van der Waals surface area contributed by atoms with Gasteiger partial charge in [0.25, 0.3) is 0 Å². The lowest BCUT2D eigenvalue weighted by Gasteiger charge is -2.22. The van der Waals surface area contributed by atoms with Crippen LogP contribution in [-0.2, 0) is 6.42 Å². The van der Waals surface area contributed by atoms with Gasteiger partial charge in [0.15, 0.2) is 0 Å². The number of nitrogens with two attached hydrogens (primary N) is 1. The first kappa shape index (κ1) is 13.5. The quantitative estimate of drug-likeness (QED) is 0.916. The molecule has 0 aliphatic carbocycles. The van der Waals surface area contributed by atoms with E-state index in [1.54, 1.807) is 18.2 Å². The maximum atomic E-state index is 13.3. The molecule has 2 aromatic rings. The van der Waals surface area contributed by atoms with Gasteiger partial charge in [-0.25, -0.2) is 8.78 Å². The average molecular weight is 262 g/mol. The third kappa shape index (κ3) is 3.09. The zero-order chi connectivity index (χ0) is 13.8. The average Bonchev–Trinajstić information content (AvgIpc) is 2.39. The van der Waals surface area contributed by atoms with E-state index in [0.717, 1.165) is 11.3 Å². The summed E-state index contributed by atoms with van der Waals surface area (Å²) in [6, 6.07) is 10.8. The van der Waals surface area contributed by atoms with Crippen LogP contribution < -0.4 is 10.6 Å². The molecule has 0 heterocycles. The molecular formula is C15H16F2N2. The van der Waals surface area contributed by atoms with E-state index in [4.69, 9.17) is 5.73 Å². The highest BCUT2D eigenvalue weighted by atomic mass is 19.1. The Morgan fingerprint density at radius 3 is 2.47 bits per heavy atom. The zero-order valence-corrected chi connectivity index (χ0v) is 10.7. The lowest BCUT2D eigenvalue weighted by molar-refractivity contribution is 0.624. The normalized spacial score (nSPS) is 10.5. The van der Waals surface area contributed by atoms with E-state index in [1.807, 2.05) is 11.9 Å². The molecule has 0 radical (unpaired) electrons. The van der Waals surface area contributed by atoms with E-state index in [-0.39, 0.29) is 11.6 Å². The Bertz CT molecular complexity index is 570. The van der Waals surface area contributed by atoms with Crippen molar-refractivity contribution in [2.45, 2.75) is 6.42 Å². The van der Waals surface area contributed by atoms with Crippen molar-refractivity contribution >= 4 is 11.4 Å². The van der Waals surface area contributed by atoms with Crippen molar-refractivity contribution in [1.29, 1.82) is 0 Å². The van der Waals surface area contributed by atoms with Crippen LogP contribution in [0.2, 0.25) is 0 Å². The summed E-state index contributed by atoms with van der Waals surface area (Å²) in [7, 11) is 1.82. The van der Waals surface area contributed by atoms with Crippen LogP contribution in [0.25, 0.3) is 0 Å². The molecular weight excluding hydrogens is 246 g/mol. The number of hydrogen-bond acceptors (Lipinski definition) is 2. The van der Waals surface area contributed by atoms with Gasteiger partial charge in [0.1, 0.15) is 11.6 Å². The summed E-state index contributed by atoms with van der Waals surface area (Å²) in [5.74, 6) is -0.591. The summed E-state index contributed by atoms with van der Waals surface area (Å²) in [6.07, 6.45) is 0.576. The fourth-order valence-corrected chi connectivity index (χ4v) is 2.06. The lowest BCUT2D eigenvalue weighted by atomic mass is 10.1. The molecule has 2 nitrogen and oxygen atoms in total. The van der Waals surface area contributed by atoms with Crippen molar-refractivity contribution in [3.63, 3.8) is 0 Å². The summed E-state index contributed by atoms with van der Waals surface area (Å²) in [6.45, 7) is 0.438. The van der Waals surface area contributed by atoms with Crippen molar-refractivity contribution < 1.29 is 8.78 Å². The second-order valence-electron chi connectivity index (χ2n) is 4.35. The molecule has 0 atom stereocenters. The van der Waals surface area contributed by atoms with E-state index in [9.17, 15) is 8.78 Å². The van der Waals surface area contributed by atoms with Gasteiger partial charge in [0, 0.05) is 18.4 Å². The standard InChI is InChI=1S/C15H16F2N2/c1-19(14-4-2-3-12(16)10-14)15-6-5-13(17)9-11(15)7-8-18/h2-6,9-10H,7-8,18H2,1H3. The first-order chi connectivity index (χ1) is 9.11. The van der Waals surface area contributed by atoms with Crippen LogP contribution in [0.4, 0.5) is 20.2 Å². The Morgan fingerprint density at radius 1 is 1.05 bits per heavy atom. The minimum Gasteiger partial charge on any atom is -0.344 e. The molecule has 100 valence electrons. The van der Waals surface area contributed by atoms with Gasteiger partial charge in [-0.3, -0.25) is 0 Å². The van der Waals surface area contributed by atoms with Crippen LogP contribution in [0.3, 0.4) is 0 Å². The molecule has 0 aliphatic rings. The van der Waals surface area contributed by atoms with Crippen LogP contribution in [-0.4, -0.2) is 13.6 Å². The molecule has 2 N–H and O–H groups in total. The van der Waals surface area contributed by atoms with E-state index in [0.29, 0.717) is 18.7 Å². The highest BCUT2D eigenvalue weighted by Crippen LogP contribution is 2.28. The van der Waals surface area contributed by atoms with Crippen LogP contribution >= 0.6 is 0 Å². The second-order valence-corrected chi connectivity index (χ2v) is 4.35. The van der Waals surface area contributed by atoms with E-state index < -0.39 is 0 Å². The Morgan fingerprint density at radius 2 is 1.79 bits per heavy atom. The van der Waals surface area contributed by atoms with Crippen molar-refractivity contribution in [3.05, 3.63) is 59.7 Å². The SMILES string of the molecule is CN(c1cccc(F)c1)c1ccc(F)cc1CCN. The first-order valence-electron chi connectivity index (χ1n) is 6.09. The van der Waals surface area contributed by atoms with E-state index in [1.165, 1.54) is 24.3 Å². The van der Waals surface area contributed by atoms with Gasteiger partial charge in [-0.05, 0) is 54.9 Å². The molecule has 0 bridgehead atoms. The van der Waals surface area contributed by atoms with Crippen LogP contribution in [0.15, 0.2) is 42.5 Å². The van der Waals surface area contributed by atoms with Crippen molar-refractivity contribution in [2.24, 2.45) is 5.73 Å². The molecule has 2 aromatic carbocycles. The third-order valence-electron chi connectivity index (χ3n) is 3.01. The van der Waals surface area contributed by atoms with Crippen LogP contribution in [0.5, 0.6) is 0 Å².